The Morgan fingerprint density at radius 3 is 2.50 bits per heavy atom. The van der Waals surface area contributed by atoms with Crippen LogP contribution in [-0.4, -0.2) is 39.7 Å². The summed E-state index contributed by atoms with van der Waals surface area (Å²) in [6, 6.07) is 23.3. The van der Waals surface area contributed by atoms with E-state index in [1.54, 1.807) is 30.3 Å². The lowest BCUT2D eigenvalue weighted by atomic mass is 10.1. The van der Waals surface area contributed by atoms with Crippen LogP contribution in [0.2, 0.25) is 0 Å². The van der Waals surface area contributed by atoms with Crippen LogP contribution in [0, 0.1) is 13.8 Å². The molecule has 1 aliphatic rings. The molecule has 2 heterocycles. The monoisotopic (exact) mass is 525 g/mol. The molecule has 0 saturated carbocycles. The summed E-state index contributed by atoms with van der Waals surface area (Å²) in [5.74, 6) is -0.231. The average Bonchev–Trinajstić information content (AvgIpc) is 3.33. The molecule has 1 saturated heterocycles. The van der Waals surface area contributed by atoms with Crippen molar-refractivity contribution in [3.05, 3.63) is 94.7 Å². The van der Waals surface area contributed by atoms with Crippen LogP contribution in [-0.2, 0) is 9.59 Å². The van der Waals surface area contributed by atoms with Crippen LogP contribution in [0.15, 0.2) is 77.7 Å². The maximum absolute atomic E-state index is 13.1. The third kappa shape index (κ3) is 4.95. The zero-order valence-corrected chi connectivity index (χ0v) is 22.2. The Balaban J connectivity index is 1.34. The molecule has 192 valence electrons. The van der Waals surface area contributed by atoms with Crippen molar-refractivity contribution in [3.8, 4) is 11.4 Å². The molecule has 0 unspecified atom stereocenters. The molecular formula is C30H27N3O4S. The SMILES string of the molecule is CCOc1ccc(NC(=O)CN2C(=O)S/C(=C/c3cc(C)n(-c4cccc5ccccc45)c3C)C2=O)cc1. The number of aryl methyl sites for hydroxylation is 1. The molecule has 38 heavy (non-hydrogen) atoms. The number of fused-ring (bicyclic) bond motifs is 1. The number of thioether (sulfide) groups is 1. The molecule has 0 aliphatic carbocycles. The minimum atomic E-state index is -0.475. The zero-order valence-electron chi connectivity index (χ0n) is 21.4. The van der Waals surface area contributed by atoms with Crippen molar-refractivity contribution in [1.29, 1.82) is 0 Å². The number of benzene rings is 3. The maximum atomic E-state index is 13.1. The smallest absolute Gasteiger partial charge is 0.294 e. The van der Waals surface area contributed by atoms with Gasteiger partial charge < -0.3 is 14.6 Å². The Morgan fingerprint density at radius 2 is 1.74 bits per heavy atom. The lowest BCUT2D eigenvalue weighted by Crippen LogP contribution is -2.36. The van der Waals surface area contributed by atoms with Crippen LogP contribution < -0.4 is 10.1 Å². The van der Waals surface area contributed by atoms with Gasteiger partial charge in [-0.2, -0.15) is 0 Å². The van der Waals surface area contributed by atoms with E-state index in [0.717, 1.165) is 50.1 Å². The lowest BCUT2D eigenvalue weighted by Gasteiger charge is -2.13. The Morgan fingerprint density at radius 1 is 1.00 bits per heavy atom. The highest BCUT2D eigenvalue weighted by Gasteiger charge is 2.36. The summed E-state index contributed by atoms with van der Waals surface area (Å²) < 4.78 is 7.56. The van der Waals surface area contributed by atoms with Crippen molar-refractivity contribution >= 4 is 51.4 Å². The van der Waals surface area contributed by atoms with Gasteiger partial charge in [0.2, 0.25) is 5.91 Å². The van der Waals surface area contributed by atoms with Crippen LogP contribution >= 0.6 is 11.8 Å². The quantitative estimate of drug-likeness (QED) is 0.286. The Bertz CT molecular complexity index is 1580. The summed E-state index contributed by atoms with van der Waals surface area (Å²) in [6.07, 6.45) is 1.74. The predicted molar refractivity (Wildman–Crippen MR) is 152 cm³/mol. The molecule has 1 aromatic heterocycles. The van der Waals surface area contributed by atoms with Gasteiger partial charge in [-0.25, -0.2) is 0 Å². The Hall–Kier alpha value is -4.30. The molecule has 0 radical (unpaired) electrons. The molecule has 4 aromatic rings. The maximum Gasteiger partial charge on any atom is 0.294 e. The van der Waals surface area contributed by atoms with Gasteiger partial charge in [-0.05, 0) is 86.0 Å². The predicted octanol–water partition coefficient (Wildman–Crippen LogP) is 6.32. The first-order valence-corrected chi connectivity index (χ1v) is 13.1. The van der Waals surface area contributed by atoms with Gasteiger partial charge in [0.1, 0.15) is 12.3 Å². The minimum Gasteiger partial charge on any atom is -0.494 e. The number of amides is 3. The van der Waals surface area contributed by atoms with Gasteiger partial charge in [0.05, 0.1) is 17.2 Å². The van der Waals surface area contributed by atoms with Gasteiger partial charge in [-0.1, -0.05) is 36.4 Å². The Labute approximate surface area is 225 Å². The number of ether oxygens (including phenoxy) is 1. The van der Waals surface area contributed by atoms with Crippen LogP contribution in [0.3, 0.4) is 0 Å². The highest BCUT2D eigenvalue weighted by Crippen LogP contribution is 2.34. The van der Waals surface area contributed by atoms with Crippen LogP contribution in [0.5, 0.6) is 5.75 Å². The fourth-order valence-electron chi connectivity index (χ4n) is 4.63. The summed E-state index contributed by atoms with van der Waals surface area (Å²) in [4.78, 5) is 39.6. The molecule has 7 nitrogen and oxygen atoms in total. The third-order valence-corrected chi connectivity index (χ3v) is 7.30. The summed E-state index contributed by atoms with van der Waals surface area (Å²) in [7, 11) is 0. The van der Waals surface area contributed by atoms with E-state index in [9.17, 15) is 14.4 Å². The second-order valence-corrected chi connectivity index (χ2v) is 9.93. The minimum absolute atomic E-state index is 0.294. The highest BCUT2D eigenvalue weighted by molar-refractivity contribution is 8.18. The molecule has 1 N–H and O–H groups in total. The van der Waals surface area contributed by atoms with Gasteiger partial charge in [-0.15, -0.1) is 0 Å². The summed E-state index contributed by atoms with van der Waals surface area (Å²) in [5, 5.41) is 4.53. The van der Waals surface area contributed by atoms with Gasteiger partial charge >= 0.3 is 0 Å². The molecule has 3 amide bonds. The fraction of sp³-hybridized carbons (Fsp3) is 0.167. The van der Waals surface area contributed by atoms with E-state index in [4.69, 9.17) is 4.74 Å². The second-order valence-electron chi connectivity index (χ2n) is 8.93. The van der Waals surface area contributed by atoms with Crippen LogP contribution in [0.1, 0.15) is 23.9 Å². The number of rotatable bonds is 7. The molecule has 0 bridgehead atoms. The van der Waals surface area contributed by atoms with Crippen molar-refractivity contribution < 1.29 is 19.1 Å². The number of hydrogen-bond donors (Lipinski definition) is 1. The number of hydrogen-bond acceptors (Lipinski definition) is 5. The number of carbonyl (C=O) groups is 3. The largest absolute Gasteiger partial charge is 0.494 e. The van der Waals surface area contributed by atoms with E-state index in [1.807, 2.05) is 45.0 Å². The molecule has 1 aliphatic heterocycles. The first kappa shape index (κ1) is 25.4. The van der Waals surface area contributed by atoms with Crippen molar-refractivity contribution in [2.45, 2.75) is 20.8 Å². The first-order valence-electron chi connectivity index (χ1n) is 12.3. The highest BCUT2D eigenvalue weighted by atomic mass is 32.2. The summed E-state index contributed by atoms with van der Waals surface area (Å²) in [5.41, 5.74) is 4.43. The summed E-state index contributed by atoms with van der Waals surface area (Å²) >= 11 is 0.847. The Kier molecular flexibility index (Phi) is 7.07. The number of imide groups is 1. The van der Waals surface area contributed by atoms with Gasteiger partial charge in [0, 0.05) is 22.5 Å². The van der Waals surface area contributed by atoms with Crippen LogP contribution in [0.4, 0.5) is 10.5 Å². The summed E-state index contributed by atoms with van der Waals surface area (Å²) in [6.45, 7) is 6.09. The van der Waals surface area contributed by atoms with Gasteiger partial charge in [-0.3, -0.25) is 19.3 Å². The van der Waals surface area contributed by atoms with E-state index in [0.29, 0.717) is 22.9 Å². The third-order valence-electron chi connectivity index (χ3n) is 6.39. The molecule has 1 fully saturated rings. The van der Waals surface area contributed by atoms with Crippen molar-refractivity contribution in [1.82, 2.24) is 9.47 Å². The molecular weight excluding hydrogens is 498 g/mol. The van der Waals surface area contributed by atoms with Crippen LogP contribution in [0.25, 0.3) is 22.5 Å². The van der Waals surface area contributed by atoms with Gasteiger partial charge in [0.15, 0.2) is 0 Å². The van der Waals surface area contributed by atoms with E-state index >= 15 is 0 Å². The number of nitrogens with zero attached hydrogens (tertiary/aromatic N) is 2. The van der Waals surface area contributed by atoms with Gasteiger partial charge in [0.25, 0.3) is 11.1 Å². The fourth-order valence-corrected chi connectivity index (χ4v) is 5.46. The van der Waals surface area contributed by atoms with Crippen molar-refractivity contribution in [3.63, 3.8) is 0 Å². The first-order chi connectivity index (χ1) is 18.4. The molecule has 0 atom stereocenters. The normalized spacial score (nSPS) is 14.5. The van der Waals surface area contributed by atoms with E-state index in [2.05, 4.69) is 34.1 Å². The van der Waals surface area contributed by atoms with E-state index < -0.39 is 17.1 Å². The molecule has 5 rings (SSSR count). The topological polar surface area (TPSA) is 80.6 Å². The number of aromatic nitrogens is 1. The van der Waals surface area contributed by atoms with Crippen molar-refractivity contribution in [2.24, 2.45) is 0 Å². The van der Waals surface area contributed by atoms with E-state index in [-0.39, 0.29) is 6.54 Å². The molecule has 8 heteroatoms. The average molecular weight is 526 g/mol. The van der Waals surface area contributed by atoms with Crippen molar-refractivity contribution in [2.75, 3.05) is 18.5 Å². The molecule has 0 spiro atoms. The number of carbonyl (C=O) groups excluding carboxylic acids is 3. The standard InChI is InChI=1S/C30H27N3O4S/c1-4-37-24-14-12-23(13-15-24)31-28(34)18-32-29(35)27(38-30(32)36)17-22-16-19(2)33(20(22)3)26-11-7-9-21-8-5-6-10-25(21)26/h5-17H,4,18H2,1-3H3,(H,31,34)/b27-17+. The van der Waals surface area contributed by atoms with E-state index in [1.165, 1.54) is 0 Å². The number of nitrogens with one attached hydrogen (secondary N) is 1. The second kappa shape index (κ2) is 10.6. The molecule has 3 aromatic carbocycles. The lowest BCUT2D eigenvalue weighted by molar-refractivity contribution is -0.127. The number of anilines is 1. The zero-order chi connectivity index (χ0) is 26.8.